The van der Waals surface area contributed by atoms with Gasteiger partial charge in [-0.05, 0) is 50.0 Å². The van der Waals surface area contributed by atoms with Crippen LogP contribution in [0.15, 0.2) is 16.6 Å². The molecule has 0 bridgehead atoms. The standard InChI is InChI=1S/C17H31N/c1-5-7-8-12-17(4)13-9-10-16(15(17)3)11-14-18-6-2/h11,14-15H,5-10,12-13H2,1-4H3/b16-11-,18-14-/t15-,17?/m0/s1. The summed E-state index contributed by atoms with van der Waals surface area (Å²) in [4.78, 5) is 4.32. The molecule has 1 aliphatic carbocycles. The topological polar surface area (TPSA) is 12.4 Å². The van der Waals surface area contributed by atoms with Crippen molar-refractivity contribution in [3.05, 3.63) is 11.6 Å². The molecule has 1 heteroatoms. The van der Waals surface area contributed by atoms with Crippen molar-refractivity contribution in [3.63, 3.8) is 0 Å². The minimum Gasteiger partial charge on any atom is -0.293 e. The summed E-state index contributed by atoms with van der Waals surface area (Å²) in [5, 5.41) is 0. The molecular formula is C17H31N. The predicted molar refractivity (Wildman–Crippen MR) is 82.4 cm³/mol. The fourth-order valence-corrected chi connectivity index (χ4v) is 3.18. The Labute approximate surface area is 114 Å². The van der Waals surface area contributed by atoms with Crippen LogP contribution in [0.5, 0.6) is 0 Å². The summed E-state index contributed by atoms with van der Waals surface area (Å²) < 4.78 is 0. The lowest BCUT2D eigenvalue weighted by atomic mass is 9.63. The van der Waals surface area contributed by atoms with Crippen molar-refractivity contribution in [2.45, 2.75) is 72.6 Å². The van der Waals surface area contributed by atoms with Crippen molar-refractivity contribution in [1.29, 1.82) is 0 Å². The van der Waals surface area contributed by atoms with E-state index in [0.29, 0.717) is 5.41 Å². The molecule has 0 amide bonds. The number of hydrogen-bond donors (Lipinski definition) is 0. The molecule has 1 fully saturated rings. The van der Waals surface area contributed by atoms with E-state index in [1.165, 1.54) is 44.9 Å². The Morgan fingerprint density at radius 1 is 1.33 bits per heavy atom. The molecule has 0 aliphatic heterocycles. The molecule has 0 N–H and O–H groups in total. The van der Waals surface area contributed by atoms with Gasteiger partial charge in [0.05, 0.1) is 0 Å². The highest BCUT2D eigenvalue weighted by molar-refractivity contribution is 5.72. The van der Waals surface area contributed by atoms with Crippen LogP contribution >= 0.6 is 0 Å². The number of aliphatic imine (C=N–C) groups is 1. The third kappa shape index (κ3) is 4.26. The summed E-state index contributed by atoms with van der Waals surface area (Å²) in [5.74, 6) is 0.728. The molecule has 0 aromatic rings. The van der Waals surface area contributed by atoms with Crippen molar-refractivity contribution < 1.29 is 0 Å². The van der Waals surface area contributed by atoms with Gasteiger partial charge in [0.1, 0.15) is 0 Å². The number of rotatable bonds is 6. The Hall–Kier alpha value is -0.590. The maximum absolute atomic E-state index is 4.32. The highest BCUT2D eigenvalue weighted by atomic mass is 14.7. The normalized spacial score (nSPS) is 31.3. The van der Waals surface area contributed by atoms with Crippen LogP contribution in [0.3, 0.4) is 0 Å². The van der Waals surface area contributed by atoms with Crippen molar-refractivity contribution in [1.82, 2.24) is 0 Å². The first-order valence-electron chi connectivity index (χ1n) is 7.83. The molecule has 0 saturated heterocycles. The lowest BCUT2D eigenvalue weighted by molar-refractivity contribution is 0.157. The van der Waals surface area contributed by atoms with Gasteiger partial charge in [-0.15, -0.1) is 0 Å². The number of hydrogen-bond acceptors (Lipinski definition) is 1. The van der Waals surface area contributed by atoms with Crippen LogP contribution in [0.1, 0.15) is 72.6 Å². The Bertz CT molecular complexity index is 290. The fourth-order valence-electron chi connectivity index (χ4n) is 3.18. The second-order valence-corrected chi connectivity index (χ2v) is 6.08. The molecule has 18 heavy (non-hydrogen) atoms. The third-order valence-corrected chi connectivity index (χ3v) is 4.74. The van der Waals surface area contributed by atoms with Crippen molar-refractivity contribution in [2.24, 2.45) is 16.3 Å². The second-order valence-electron chi connectivity index (χ2n) is 6.08. The van der Waals surface area contributed by atoms with E-state index in [1.807, 2.05) is 6.21 Å². The number of nitrogens with zero attached hydrogens (tertiary/aromatic N) is 1. The first-order chi connectivity index (χ1) is 8.64. The molecule has 0 spiro atoms. The van der Waals surface area contributed by atoms with Gasteiger partial charge in [-0.1, -0.05) is 45.6 Å². The number of unbranched alkanes of at least 4 members (excludes halogenated alkanes) is 2. The summed E-state index contributed by atoms with van der Waals surface area (Å²) >= 11 is 0. The van der Waals surface area contributed by atoms with Crippen LogP contribution in [0.25, 0.3) is 0 Å². The lowest BCUT2D eigenvalue weighted by Crippen LogP contribution is -2.30. The van der Waals surface area contributed by atoms with Crippen molar-refractivity contribution in [3.8, 4) is 0 Å². The monoisotopic (exact) mass is 249 g/mol. The van der Waals surface area contributed by atoms with E-state index in [9.17, 15) is 0 Å². The Morgan fingerprint density at radius 2 is 2.11 bits per heavy atom. The molecule has 0 radical (unpaired) electrons. The van der Waals surface area contributed by atoms with Gasteiger partial charge in [-0.2, -0.15) is 0 Å². The van der Waals surface area contributed by atoms with E-state index in [4.69, 9.17) is 0 Å². The van der Waals surface area contributed by atoms with Gasteiger partial charge >= 0.3 is 0 Å². The predicted octanol–water partition coefficient (Wildman–Crippen LogP) is 5.41. The van der Waals surface area contributed by atoms with Gasteiger partial charge in [-0.3, -0.25) is 4.99 Å². The average molecular weight is 249 g/mol. The number of allylic oxidation sites excluding steroid dienone is 2. The Morgan fingerprint density at radius 3 is 2.78 bits per heavy atom. The maximum atomic E-state index is 4.32. The zero-order chi connectivity index (χ0) is 13.4. The van der Waals surface area contributed by atoms with Gasteiger partial charge in [0, 0.05) is 12.8 Å². The van der Waals surface area contributed by atoms with Crippen LogP contribution < -0.4 is 0 Å². The maximum Gasteiger partial charge on any atom is 0.0360 e. The zero-order valence-corrected chi connectivity index (χ0v) is 12.8. The van der Waals surface area contributed by atoms with E-state index >= 15 is 0 Å². The first-order valence-corrected chi connectivity index (χ1v) is 7.83. The van der Waals surface area contributed by atoms with Crippen molar-refractivity contribution in [2.75, 3.05) is 6.54 Å². The van der Waals surface area contributed by atoms with Gasteiger partial charge in [0.25, 0.3) is 0 Å². The Balaban J connectivity index is 2.64. The quantitative estimate of drug-likeness (QED) is 0.441. The van der Waals surface area contributed by atoms with Crippen LogP contribution in [0.2, 0.25) is 0 Å². The molecule has 0 aromatic carbocycles. The molecule has 1 saturated carbocycles. The average Bonchev–Trinajstić information content (AvgIpc) is 2.35. The molecule has 1 nitrogen and oxygen atoms in total. The van der Waals surface area contributed by atoms with Gasteiger partial charge in [0.15, 0.2) is 0 Å². The summed E-state index contributed by atoms with van der Waals surface area (Å²) in [6.45, 7) is 10.2. The fraction of sp³-hybridized carbons (Fsp3) is 0.824. The van der Waals surface area contributed by atoms with Crippen LogP contribution in [-0.4, -0.2) is 12.8 Å². The van der Waals surface area contributed by atoms with Crippen LogP contribution in [0, 0.1) is 11.3 Å². The SMILES string of the molecule is CCCCCC1(C)CCC/C(=C/C=N\CC)[C@@H]1C. The first kappa shape index (κ1) is 15.5. The smallest absolute Gasteiger partial charge is 0.0360 e. The lowest BCUT2D eigenvalue weighted by Gasteiger charge is -2.41. The highest BCUT2D eigenvalue weighted by Gasteiger charge is 2.35. The van der Waals surface area contributed by atoms with Crippen LogP contribution in [-0.2, 0) is 0 Å². The molecule has 0 heterocycles. The van der Waals surface area contributed by atoms with E-state index in [-0.39, 0.29) is 0 Å². The van der Waals surface area contributed by atoms with E-state index in [0.717, 1.165) is 12.5 Å². The molecule has 1 rings (SSSR count). The summed E-state index contributed by atoms with van der Waals surface area (Å²) in [7, 11) is 0. The Kier molecular flexibility index (Phi) is 6.67. The van der Waals surface area contributed by atoms with Crippen LogP contribution in [0.4, 0.5) is 0 Å². The van der Waals surface area contributed by atoms with E-state index in [1.54, 1.807) is 5.57 Å². The summed E-state index contributed by atoms with van der Waals surface area (Å²) in [6.07, 6.45) is 13.8. The molecule has 0 aromatic heterocycles. The zero-order valence-electron chi connectivity index (χ0n) is 12.8. The minimum absolute atomic E-state index is 0.527. The summed E-state index contributed by atoms with van der Waals surface area (Å²) in [6, 6.07) is 0. The van der Waals surface area contributed by atoms with Crippen molar-refractivity contribution >= 4 is 6.21 Å². The van der Waals surface area contributed by atoms with Gasteiger partial charge in [-0.25, -0.2) is 0 Å². The largest absolute Gasteiger partial charge is 0.293 e. The van der Waals surface area contributed by atoms with Gasteiger partial charge in [0.2, 0.25) is 0 Å². The molecule has 1 unspecified atom stereocenters. The molecule has 104 valence electrons. The third-order valence-electron chi connectivity index (χ3n) is 4.74. The molecule has 2 atom stereocenters. The molecule has 1 aliphatic rings. The van der Waals surface area contributed by atoms with Gasteiger partial charge < -0.3 is 0 Å². The van der Waals surface area contributed by atoms with E-state index in [2.05, 4.69) is 38.8 Å². The minimum atomic E-state index is 0.527. The van der Waals surface area contributed by atoms with E-state index < -0.39 is 0 Å². The molecular weight excluding hydrogens is 218 g/mol. The second kappa shape index (κ2) is 7.76. The summed E-state index contributed by atoms with van der Waals surface area (Å²) in [5.41, 5.74) is 2.15. The highest BCUT2D eigenvalue weighted by Crippen LogP contribution is 2.46.